The van der Waals surface area contributed by atoms with E-state index in [2.05, 4.69) is 5.32 Å². The van der Waals surface area contributed by atoms with Crippen LogP contribution in [0.4, 0.5) is 14.5 Å². The van der Waals surface area contributed by atoms with Gasteiger partial charge in [0.25, 0.3) is 12.3 Å². The van der Waals surface area contributed by atoms with Crippen LogP contribution in [0.15, 0.2) is 42.5 Å². The summed E-state index contributed by atoms with van der Waals surface area (Å²) in [5.74, 6) is -0.366. The van der Waals surface area contributed by atoms with Crippen molar-refractivity contribution in [2.45, 2.75) is 66.1 Å². The number of halogens is 2. The summed E-state index contributed by atoms with van der Waals surface area (Å²) in [5, 5.41) is 2.84. The lowest BCUT2D eigenvalue weighted by Gasteiger charge is -2.32. The van der Waals surface area contributed by atoms with E-state index in [-0.39, 0.29) is 11.5 Å². The van der Waals surface area contributed by atoms with Crippen molar-refractivity contribution in [2.24, 2.45) is 0 Å². The van der Waals surface area contributed by atoms with Gasteiger partial charge >= 0.3 is 7.12 Å². The summed E-state index contributed by atoms with van der Waals surface area (Å²) >= 11 is 0. The second kappa shape index (κ2) is 9.27. The van der Waals surface area contributed by atoms with Gasteiger partial charge in [-0.2, -0.15) is 0 Å². The first-order valence-electron chi connectivity index (χ1n) is 10.2. The summed E-state index contributed by atoms with van der Waals surface area (Å²) in [6, 6.07) is 10.8. The quantitative estimate of drug-likeness (QED) is 0.668. The molecule has 0 radical (unpaired) electrons. The molecule has 1 aliphatic rings. The molecule has 1 amide bonds. The number of amides is 1. The molecule has 0 spiro atoms. The van der Waals surface area contributed by atoms with Crippen LogP contribution in [0.25, 0.3) is 0 Å². The van der Waals surface area contributed by atoms with Gasteiger partial charge in [0, 0.05) is 16.8 Å². The third kappa shape index (κ3) is 4.90. The first kappa shape index (κ1) is 24.0. The van der Waals surface area contributed by atoms with E-state index in [1.54, 1.807) is 6.07 Å². The third-order valence-corrected chi connectivity index (χ3v) is 5.56. The molecule has 0 bridgehead atoms. The first-order valence-corrected chi connectivity index (χ1v) is 10.2. The van der Waals surface area contributed by atoms with Crippen LogP contribution in [0.5, 0.6) is 0 Å². The molecule has 1 saturated heterocycles. The zero-order chi connectivity index (χ0) is 22.7. The predicted molar refractivity (Wildman–Crippen MR) is 118 cm³/mol. The van der Waals surface area contributed by atoms with Crippen LogP contribution in [0.1, 0.15) is 69.5 Å². The van der Waals surface area contributed by atoms with E-state index in [4.69, 9.17) is 9.31 Å². The second-order valence-electron chi connectivity index (χ2n) is 7.98. The standard InChI is InChI=1S/C21H24BF2NO3.C2H6/c1-13-16(22-27-20(2,3)21(4,5)28-22)7-6-8-17(13)25-19(26)15-11-9-14(10-12-15)18(23)24;1-2/h6-12,18H,1-5H3,(H,25,26);1-2H3. The largest absolute Gasteiger partial charge is 0.495 e. The molecule has 2 aromatic rings. The minimum Gasteiger partial charge on any atom is -0.399 e. The highest BCUT2D eigenvalue weighted by Crippen LogP contribution is 2.37. The van der Waals surface area contributed by atoms with Gasteiger partial charge in [-0.05, 0) is 63.8 Å². The Labute approximate surface area is 178 Å². The lowest BCUT2D eigenvalue weighted by molar-refractivity contribution is 0.00578. The van der Waals surface area contributed by atoms with Crippen LogP contribution >= 0.6 is 0 Å². The van der Waals surface area contributed by atoms with Gasteiger partial charge in [0.1, 0.15) is 0 Å². The van der Waals surface area contributed by atoms with Crippen LogP contribution in [0.3, 0.4) is 0 Å². The van der Waals surface area contributed by atoms with Crippen LogP contribution in [0.2, 0.25) is 0 Å². The molecular formula is C23H30BF2NO3. The molecule has 1 heterocycles. The number of carbonyl (C=O) groups excluding carboxylic acids is 1. The smallest absolute Gasteiger partial charge is 0.399 e. The number of hydrogen-bond donors (Lipinski definition) is 1. The maximum absolute atomic E-state index is 12.7. The van der Waals surface area contributed by atoms with E-state index in [0.717, 1.165) is 11.0 Å². The normalized spacial score (nSPS) is 16.8. The molecule has 0 aromatic heterocycles. The van der Waals surface area contributed by atoms with Crippen molar-refractivity contribution in [2.75, 3.05) is 5.32 Å². The molecule has 4 nitrogen and oxygen atoms in total. The van der Waals surface area contributed by atoms with Gasteiger partial charge in [0.05, 0.1) is 11.2 Å². The molecule has 2 aromatic carbocycles. The lowest BCUT2D eigenvalue weighted by Crippen LogP contribution is -2.41. The molecule has 30 heavy (non-hydrogen) atoms. The van der Waals surface area contributed by atoms with E-state index >= 15 is 0 Å². The molecule has 1 aliphatic heterocycles. The van der Waals surface area contributed by atoms with Crippen LogP contribution in [-0.4, -0.2) is 24.2 Å². The highest BCUT2D eigenvalue weighted by molar-refractivity contribution is 6.62. The number of alkyl halides is 2. The van der Waals surface area contributed by atoms with Crippen molar-refractivity contribution < 1.29 is 22.9 Å². The fraction of sp³-hybridized carbons (Fsp3) is 0.435. The molecule has 162 valence electrons. The minimum absolute atomic E-state index is 0.115. The number of rotatable bonds is 4. The van der Waals surface area contributed by atoms with E-state index in [0.29, 0.717) is 11.3 Å². The fourth-order valence-electron chi connectivity index (χ4n) is 2.99. The van der Waals surface area contributed by atoms with E-state index in [1.165, 1.54) is 24.3 Å². The second-order valence-corrected chi connectivity index (χ2v) is 7.98. The monoisotopic (exact) mass is 417 g/mol. The molecule has 0 unspecified atom stereocenters. The Morgan fingerprint density at radius 1 is 0.967 bits per heavy atom. The molecule has 0 atom stereocenters. The van der Waals surface area contributed by atoms with Crippen LogP contribution in [0, 0.1) is 6.92 Å². The van der Waals surface area contributed by atoms with Gasteiger partial charge in [-0.15, -0.1) is 0 Å². The average molecular weight is 417 g/mol. The molecule has 1 N–H and O–H groups in total. The summed E-state index contributed by atoms with van der Waals surface area (Å²) < 4.78 is 37.6. The number of benzene rings is 2. The first-order chi connectivity index (χ1) is 14.0. The number of hydrogen-bond acceptors (Lipinski definition) is 3. The maximum Gasteiger partial charge on any atom is 0.495 e. The van der Waals surface area contributed by atoms with Gasteiger partial charge in [0.15, 0.2) is 0 Å². The molecule has 1 fully saturated rings. The molecule has 7 heteroatoms. The van der Waals surface area contributed by atoms with Crippen LogP contribution < -0.4 is 10.8 Å². The van der Waals surface area contributed by atoms with Crippen LogP contribution in [-0.2, 0) is 9.31 Å². The Morgan fingerprint density at radius 2 is 1.50 bits per heavy atom. The van der Waals surface area contributed by atoms with Gasteiger partial charge in [-0.25, -0.2) is 8.78 Å². The van der Waals surface area contributed by atoms with Gasteiger partial charge < -0.3 is 14.6 Å². The topological polar surface area (TPSA) is 47.6 Å². The zero-order valence-electron chi connectivity index (χ0n) is 18.7. The SMILES string of the molecule is CC.Cc1c(NC(=O)c2ccc(C(F)F)cc2)cccc1B1OC(C)(C)C(C)(C)O1. The predicted octanol–water partition coefficient (Wildman–Crippen LogP) is 5.51. The van der Waals surface area contributed by atoms with Gasteiger partial charge in [-0.1, -0.05) is 38.1 Å². The van der Waals surface area contributed by atoms with Gasteiger partial charge in [-0.3, -0.25) is 4.79 Å². The van der Waals surface area contributed by atoms with Crippen molar-refractivity contribution >= 4 is 24.2 Å². The van der Waals surface area contributed by atoms with E-state index in [1.807, 2.05) is 60.6 Å². The minimum atomic E-state index is -2.56. The summed E-state index contributed by atoms with van der Waals surface area (Å²) in [4.78, 5) is 12.5. The summed E-state index contributed by atoms with van der Waals surface area (Å²) in [6.45, 7) is 13.8. The molecular weight excluding hydrogens is 387 g/mol. The summed E-state index contributed by atoms with van der Waals surface area (Å²) in [7, 11) is -0.535. The maximum atomic E-state index is 12.7. The molecule has 3 rings (SSSR count). The number of nitrogens with one attached hydrogen (secondary N) is 1. The van der Waals surface area contributed by atoms with Crippen molar-refractivity contribution in [3.8, 4) is 0 Å². The van der Waals surface area contributed by atoms with E-state index in [9.17, 15) is 13.6 Å². The summed E-state index contributed by atoms with van der Waals surface area (Å²) in [5.41, 5.74) is 1.56. The average Bonchev–Trinajstić information content (AvgIpc) is 2.92. The Morgan fingerprint density at radius 3 is 2.00 bits per heavy atom. The number of anilines is 1. The summed E-state index contributed by atoms with van der Waals surface area (Å²) in [6.07, 6.45) is -2.56. The Hall–Kier alpha value is -2.25. The lowest BCUT2D eigenvalue weighted by atomic mass is 9.76. The highest BCUT2D eigenvalue weighted by Gasteiger charge is 2.52. The molecule has 0 aliphatic carbocycles. The third-order valence-electron chi connectivity index (χ3n) is 5.56. The Bertz CT molecular complexity index is 867. The van der Waals surface area contributed by atoms with Gasteiger partial charge in [0.2, 0.25) is 0 Å². The Balaban J connectivity index is 0.00000155. The van der Waals surface area contributed by atoms with E-state index < -0.39 is 24.7 Å². The van der Waals surface area contributed by atoms with Crippen molar-refractivity contribution in [1.29, 1.82) is 0 Å². The van der Waals surface area contributed by atoms with Crippen molar-refractivity contribution in [3.63, 3.8) is 0 Å². The van der Waals surface area contributed by atoms with Crippen molar-refractivity contribution in [3.05, 3.63) is 59.2 Å². The molecule has 0 saturated carbocycles. The fourth-order valence-corrected chi connectivity index (χ4v) is 2.99. The zero-order valence-corrected chi connectivity index (χ0v) is 18.7. The Kier molecular flexibility index (Phi) is 7.42. The van der Waals surface area contributed by atoms with Crippen molar-refractivity contribution in [1.82, 2.24) is 0 Å². The highest BCUT2D eigenvalue weighted by atomic mass is 19.3. The number of carbonyl (C=O) groups is 1.